The van der Waals surface area contributed by atoms with Crippen molar-refractivity contribution in [3.8, 4) is 0 Å². The summed E-state index contributed by atoms with van der Waals surface area (Å²) < 4.78 is 0. The Morgan fingerprint density at radius 1 is 0.952 bits per heavy atom. The van der Waals surface area contributed by atoms with Crippen molar-refractivity contribution in [2.24, 2.45) is 5.73 Å². The van der Waals surface area contributed by atoms with Crippen LogP contribution in [0.5, 0.6) is 0 Å². The molecule has 2 heteroatoms. The summed E-state index contributed by atoms with van der Waals surface area (Å²) in [4.78, 5) is 2.23. The Hall–Kier alpha value is -1.80. The number of aryl methyl sites for hydroxylation is 2. The molecule has 2 rings (SSSR count). The number of nitrogens with zero attached hydrogens (tertiary/aromatic N) is 1. The van der Waals surface area contributed by atoms with Crippen molar-refractivity contribution >= 4 is 11.4 Å². The lowest BCUT2D eigenvalue weighted by molar-refractivity contribution is 0.646. The molecule has 112 valence electrons. The van der Waals surface area contributed by atoms with Crippen molar-refractivity contribution in [3.05, 3.63) is 59.2 Å². The fourth-order valence-electron chi connectivity index (χ4n) is 2.60. The molecule has 0 saturated heterocycles. The number of hydrogen-bond donors (Lipinski definition) is 1. The lowest BCUT2D eigenvalue weighted by Crippen LogP contribution is -2.21. The summed E-state index contributed by atoms with van der Waals surface area (Å²) in [5.41, 5.74) is 12.3. The van der Waals surface area contributed by atoms with Crippen molar-refractivity contribution in [2.75, 3.05) is 11.9 Å². The highest BCUT2D eigenvalue weighted by molar-refractivity contribution is 5.64. The first-order valence-corrected chi connectivity index (χ1v) is 7.66. The number of hydrogen-bond acceptors (Lipinski definition) is 2. The molecule has 0 spiro atoms. The van der Waals surface area contributed by atoms with Gasteiger partial charge in [0.15, 0.2) is 0 Å². The maximum absolute atomic E-state index is 6.02. The van der Waals surface area contributed by atoms with Gasteiger partial charge in [-0.3, -0.25) is 0 Å². The molecule has 2 aromatic carbocycles. The third-order valence-electron chi connectivity index (χ3n) is 3.94. The predicted octanol–water partition coefficient (Wildman–Crippen LogP) is 4.35. The molecule has 0 bridgehead atoms. The number of rotatable bonds is 5. The Bertz CT molecular complexity index is 567. The standard InChI is InChI=1S/C19H26N2/c1-5-17(20)13-16-6-8-18(9-7-16)21(4)19-11-14(2)10-15(3)12-19/h6-12,17H,5,13,20H2,1-4H3. The minimum absolute atomic E-state index is 0.257. The highest BCUT2D eigenvalue weighted by Gasteiger charge is 2.06. The molecule has 1 atom stereocenters. The lowest BCUT2D eigenvalue weighted by Gasteiger charge is -2.21. The molecule has 2 N–H and O–H groups in total. The van der Waals surface area contributed by atoms with E-state index < -0.39 is 0 Å². The molecule has 0 amide bonds. The Morgan fingerprint density at radius 2 is 1.52 bits per heavy atom. The summed E-state index contributed by atoms with van der Waals surface area (Å²) >= 11 is 0. The van der Waals surface area contributed by atoms with Crippen LogP contribution in [0.4, 0.5) is 11.4 Å². The van der Waals surface area contributed by atoms with Crippen LogP contribution in [0.3, 0.4) is 0 Å². The molecule has 0 saturated carbocycles. The van der Waals surface area contributed by atoms with E-state index in [-0.39, 0.29) is 6.04 Å². The summed E-state index contributed by atoms with van der Waals surface area (Å²) in [7, 11) is 2.11. The molecule has 2 nitrogen and oxygen atoms in total. The van der Waals surface area contributed by atoms with Gasteiger partial charge in [0.2, 0.25) is 0 Å². The molecule has 0 aliphatic carbocycles. The maximum atomic E-state index is 6.02. The van der Waals surface area contributed by atoms with Gasteiger partial charge in [-0.15, -0.1) is 0 Å². The Labute approximate surface area is 128 Å². The van der Waals surface area contributed by atoms with E-state index in [4.69, 9.17) is 5.73 Å². The molecule has 0 aromatic heterocycles. The minimum Gasteiger partial charge on any atom is -0.345 e. The predicted molar refractivity (Wildman–Crippen MR) is 92.4 cm³/mol. The van der Waals surface area contributed by atoms with E-state index >= 15 is 0 Å². The van der Waals surface area contributed by atoms with Gasteiger partial charge in [0.05, 0.1) is 0 Å². The van der Waals surface area contributed by atoms with Crippen molar-refractivity contribution in [1.82, 2.24) is 0 Å². The zero-order valence-corrected chi connectivity index (χ0v) is 13.6. The molecular weight excluding hydrogens is 256 g/mol. The van der Waals surface area contributed by atoms with Crippen molar-refractivity contribution in [3.63, 3.8) is 0 Å². The van der Waals surface area contributed by atoms with Crippen LogP contribution in [0.1, 0.15) is 30.0 Å². The minimum atomic E-state index is 0.257. The second-order valence-electron chi connectivity index (χ2n) is 5.94. The van der Waals surface area contributed by atoms with E-state index in [9.17, 15) is 0 Å². The average molecular weight is 282 g/mol. The third kappa shape index (κ3) is 4.08. The van der Waals surface area contributed by atoms with Gasteiger partial charge in [-0.25, -0.2) is 0 Å². The largest absolute Gasteiger partial charge is 0.345 e. The first kappa shape index (κ1) is 15.6. The van der Waals surface area contributed by atoms with Crippen LogP contribution in [-0.4, -0.2) is 13.1 Å². The summed E-state index contributed by atoms with van der Waals surface area (Å²) in [5, 5.41) is 0. The van der Waals surface area contributed by atoms with Gasteiger partial charge >= 0.3 is 0 Å². The number of benzene rings is 2. The molecule has 0 heterocycles. The molecule has 0 aliphatic heterocycles. The maximum Gasteiger partial charge on any atom is 0.0413 e. The molecule has 1 unspecified atom stereocenters. The van der Waals surface area contributed by atoms with Crippen molar-refractivity contribution in [1.29, 1.82) is 0 Å². The normalized spacial score (nSPS) is 12.2. The van der Waals surface area contributed by atoms with E-state index in [1.807, 2.05) is 0 Å². The second kappa shape index (κ2) is 6.77. The first-order chi connectivity index (χ1) is 9.99. The summed E-state index contributed by atoms with van der Waals surface area (Å²) in [6.45, 7) is 6.41. The third-order valence-corrected chi connectivity index (χ3v) is 3.94. The van der Waals surface area contributed by atoms with E-state index in [1.54, 1.807) is 0 Å². The van der Waals surface area contributed by atoms with Gasteiger partial charge in [0, 0.05) is 24.5 Å². The monoisotopic (exact) mass is 282 g/mol. The van der Waals surface area contributed by atoms with Gasteiger partial charge in [-0.2, -0.15) is 0 Å². The van der Waals surface area contributed by atoms with E-state index in [0.29, 0.717) is 0 Å². The zero-order chi connectivity index (χ0) is 15.4. The lowest BCUT2D eigenvalue weighted by atomic mass is 10.0. The second-order valence-corrected chi connectivity index (χ2v) is 5.94. The highest BCUT2D eigenvalue weighted by Crippen LogP contribution is 2.26. The fourth-order valence-corrected chi connectivity index (χ4v) is 2.60. The van der Waals surface area contributed by atoms with Crippen molar-refractivity contribution < 1.29 is 0 Å². The number of anilines is 2. The van der Waals surface area contributed by atoms with E-state index in [1.165, 1.54) is 28.1 Å². The fraction of sp³-hybridized carbons (Fsp3) is 0.368. The smallest absolute Gasteiger partial charge is 0.0413 e. The van der Waals surface area contributed by atoms with Crippen LogP contribution in [-0.2, 0) is 6.42 Å². The van der Waals surface area contributed by atoms with Crippen LogP contribution in [0, 0.1) is 13.8 Å². The first-order valence-electron chi connectivity index (χ1n) is 7.66. The summed E-state index contributed by atoms with van der Waals surface area (Å²) in [5.74, 6) is 0. The molecular formula is C19H26N2. The van der Waals surface area contributed by atoms with Crippen molar-refractivity contribution in [2.45, 2.75) is 39.7 Å². The summed E-state index contributed by atoms with van der Waals surface area (Å²) in [6, 6.07) is 15.6. The molecule has 0 fully saturated rings. The zero-order valence-electron chi connectivity index (χ0n) is 13.6. The molecule has 21 heavy (non-hydrogen) atoms. The SMILES string of the molecule is CCC(N)Cc1ccc(N(C)c2cc(C)cc(C)c2)cc1. The van der Waals surface area contributed by atoms with Crippen LogP contribution < -0.4 is 10.6 Å². The van der Waals surface area contributed by atoms with Crippen LogP contribution >= 0.6 is 0 Å². The molecule has 2 aromatic rings. The van der Waals surface area contributed by atoms with Gasteiger partial charge in [0.25, 0.3) is 0 Å². The Kier molecular flexibility index (Phi) is 5.03. The van der Waals surface area contributed by atoms with E-state index in [2.05, 4.69) is 75.2 Å². The molecule has 0 radical (unpaired) electrons. The topological polar surface area (TPSA) is 29.3 Å². The van der Waals surface area contributed by atoms with Crippen LogP contribution in [0.25, 0.3) is 0 Å². The van der Waals surface area contributed by atoms with Gasteiger partial charge in [0.1, 0.15) is 0 Å². The summed E-state index contributed by atoms with van der Waals surface area (Å²) in [6.07, 6.45) is 1.97. The van der Waals surface area contributed by atoms with Gasteiger partial charge in [-0.05, 0) is 67.6 Å². The Morgan fingerprint density at radius 3 is 2.05 bits per heavy atom. The average Bonchev–Trinajstić information content (AvgIpc) is 2.46. The van der Waals surface area contributed by atoms with Gasteiger partial charge < -0.3 is 10.6 Å². The Balaban J connectivity index is 2.17. The highest BCUT2D eigenvalue weighted by atomic mass is 15.1. The quantitative estimate of drug-likeness (QED) is 0.883. The van der Waals surface area contributed by atoms with Crippen LogP contribution in [0.2, 0.25) is 0 Å². The molecule has 0 aliphatic rings. The number of nitrogens with two attached hydrogens (primary N) is 1. The van der Waals surface area contributed by atoms with Gasteiger partial charge in [-0.1, -0.05) is 25.1 Å². The van der Waals surface area contributed by atoms with E-state index in [0.717, 1.165) is 12.8 Å². The van der Waals surface area contributed by atoms with Crippen LogP contribution in [0.15, 0.2) is 42.5 Å².